The number of carbonyl (C=O) groups is 4. The van der Waals surface area contributed by atoms with E-state index in [2.05, 4.69) is 0 Å². The summed E-state index contributed by atoms with van der Waals surface area (Å²) in [5, 5.41) is 19.4. The molecule has 8 nitrogen and oxygen atoms in total. The van der Waals surface area contributed by atoms with E-state index in [-0.39, 0.29) is 18.4 Å². The fourth-order valence-corrected chi connectivity index (χ4v) is 5.98. The maximum Gasteiger partial charge on any atom is 0.306 e. The number of rotatable bonds is 34. The van der Waals surface area contributed by atoms with Gasteiger partial charge in [0.2, 0.25) is 0 Å². The topological polar surface area (TPSA) is 127 Å². The second-order valence-corrected chi connectivity index (χ2v) is 13.0. The van der Waals surface area contributed by atoms with E-state index in [1.807, 2.05) is 0 Å². The van der Waals surface area contributed by atoms with Crippen LogP contribution >= 0.6 is 0 Å². The highest BCUT2D eigenvalue weighted by Gasteiger charge is 2.26. The second kappa shape index (κ2) is 31.8. The Balaban J connectivity index is 3.76. The third-order valence-electron chi connectivity index (χ3n) is 8.77. The maximum absolute atomic E-state index is 11.8. The number of hydrogen-bond acceptors (Lipinski definition) is 6. The average molecular weight is 641 g/mol. The lowest BCUT2D eigenvalue weighted by molar-refractivity contribution is -0.146. The molecule has 0 bridgehead atoms. The van der Waals surface area contributed by atoms with Crippen LogP contribution in [0.5, 0.6) is 0 Å². The summed E-state index contributed by atoms with van der Waals surface area (Å²) in [4.78, 5) is 45.1. The monoisotopic (exact) mass is 640 g/mol. The van der Waals surface area contributed by atoms with Crippen molar-refractivity contribution < 1.29 is 38.9 Å². The molecule has 0 aromatic heterocycles. The number of carbonyl (C=O) groups excluding carboxylic acids is 2. The number of esters is 2. The minimum absolute atomic E-state index is 0.201. The second-order valence-electron chi connectivity index (χ2n) is 13.0. The Labute approximate surface area is 274 Å². The van der Waals surface area contributed by atoms with Crippen molar-refractivity contribution in [2.75, 3.05) is 13.2 Å². The molecule has 0 spiro atoms. The first-order valence-corrected chi connectivity index (χ1v) is 18.5. The Morgan fingerprint density at radius 2 is 0.622 bits per heavy atom. The van der Waals surface area contributed by atoms with Crippen LogP contribution in [0.1, 0.15) is 187 Å². The maximum atomic E-state index is 11.8. The minimum atomic E-state index is -0.852. The molecule has 45 heavy (non-hydrogen) atoms. The van der Waals surface area contributed by atoms with Crippen LogP contribution in [-0.4, -0.2) is 47.3 Å². The van der Waals surface area contributed by atoms with Crippen LogP contribution < -0.4 is 0 Å². The van der Waals surface area contributed by atoms with Gasteiger partial charge < -0.3 is 19.7 Å². The molecular formula is C37H68O8. The Hall–Kier alpha value is -2.12. The Kier molecular flexibility index (Phi) is 30.3. The van der Waals surface area contributed by atoms with Gasteiger partial charge in [0.25, 0.3) is 0 Å². The Morgan fingerprint density at radius 3 is 0.844 bits per heavy atom. The third kappa shape index (κ3) is 31.6. The third-order valence-corrected chi connectivity index (χ3v) is 8.77. The molecule has 0 aliphatic rings. The smallest absolute Gasteiger partial charge is 0.306 e. The van der Waals surface area contributed by atoms with E-state index in [0.717, 1.165) is 64.2 Å². The van der Waals surface area contributed by atoms with E-state index >= 15 is 0 Å². The van der Waals surface area contributed by atoms with Crippen LogP contribution in [0.4, 0.5) is 0 Å². The van der Waals surface area contributed by atoms with Crippen LogP contribution in [-0.2, 0) is 28.7 Å². The Morgan fingerprint density at radius 1 is 0.400 bits per heavy atom. The molecule has 2 unspecified atom stereocenters. The highest BCUT2D eigenvalue weighted by molar-refractivity contribution is 5.73. The summed E-state index contributed by atoms with van der Waals surface area (Å²) < 4.78 is 9.89. The molecule has 2 N–H and O–H groups in total. The fraction of sp³-hybridized carbons (Fsp3) is 0.892. The lowest BCUT2D eigenvalue weighted by atomic mass is 9.87. The molecule has 0 aliphatic heterocycles. The molecule has 0 fully saturated rings. The van der Waals surface area contributed by atoms with Crippen molar-refractivity contribution in [1.29, 1.82) is 0 Å². The summed E-state index contributed by atoms with van der Waals surface area (Å²) in [6.45, 7) is 3.96. The molecule has 0 aromatic carbocycles. The highest BCUT2D eigenvalue weighted by Crippen LogP contribution is 2.25. The predicted octanol–water partition coefficient (Wildman–Crippen LogP) is 10.0. The number of unbranched alkanes of at least 4 members (excludes halogenated alkanes) is 22. The number of aliphatic carboxylic acids is 2. The number of hydrogen-bond donors (Lipinski definition) is 2. The minimum Gasteiger partial charge on any atom is -0.481 e. The standard InChI is InChI=1S/C37H68O8/c1-32(38)44-29-25-21-17-13-9-5-3-7-11-15-19-23-27-34(36(40)41)31-35(37(42)43)28-24-20-16-12-8-4-6-10-14-18-22-26-30-45-33(2)39/h34-35H,3-31H2,1-2H3,(H,40,41)(H,42,43). The number of carboxylic acids is 2. The van der Waals surface area contributed by atoms with Crippen LogP contribution in [0.2, 0.25) is 0 Å². The van der Waals surface area contributed by atoms with E-state index < -0.39 is 23.8 Å². The zero-order valence-corrected chi connectivity index (χ0v) is 29.0. The van der Waals surface area contributed by atoms with Crippen molar-refractivity contribution in [3.8, 4) is 0 Å². The van der Waals surface area contributed by atoms with Crippen LogP contribution in [0, 0.1) is 11.8 Å². The first kappa shape index (κ1) is 42.9. The van der Waals surface area contributed by atoms with Crippen molar-refractivity contribution in [2.24, 2.45) is 11.8 Å². The lowest BCUT2D eigenvalue weighted by Crippen LogP contribution is -2.23. The predicted molar refractivity (Wildman–Crippen MR) is 180 cm³/mol. The summed E-state index contributed by atoms with van der Waals surface area (Å²) in [5.41, 5.74) is 0. The van der Waals surface area contributed by atoms with Crippen molar-refractivity contribution in [1.82, 2.24) is 0 Å². The van der Waals surface area contributed by atoms with E-state index in [4.69, 9.17) is 9.47 Å². The van der Waals surface area contributed by atoms with Crippen LogP contribution in [0.15, 0.2) is 0 Å². The van der Waals surface area contributed by atoms with Gasteiger partial charge in [-0.3, -0.25) is 19.2 Å². The fourth-order valence-electron chi connectivity index (χ4n) is 5.98. The van der Waals surface area contributed by atoms with Gasteiger partial charge >= 0.3 is 23.9 Å². The summed E-state index contributed by atoms with van der Waals surface area (Å²) in [5.74, 6) is -3.23. The van der Waals surface area contributed by atoms with Gasteiger partial charge in [0, 0.05) is 13.8 Å². The highest BCUT2D eigenvalue weighted by atomic mass is 16.5. The van der Waals surface area contributed by atoms with E-state index in [1.165, 1.54) is 104 Å². The zero-order valence-electron chi connectivity index (χ0n) is 29.0. The molecule has 2 atom stereocenters. The molecule has 8 heteroatoms. The molecule has 0 amide bonds. The molecule has 0 radical (unpaired) electrons. The summed E-state index contributed by atoms with van der Waals surface area (Å²) in [6, 6.07) is 0. The lowest BCUT2D eigenvalue weighted by Gasteiger charge is -2.18. The van der Waals surface area contributed by atoms with Gasteiger partial charge in [0.15, 0.2) is 0 Å². The van der Waals surface area contributed by atoms with Crippen molar-refractivity contribution >= 4 is 23.9 Å². The Bertz CT molecular complexity index is 678. The summed E-state index contributed by atoms with van der Waals surface area (Å²) >= 11 is 0. The molecule has 0 aromatic rings. The molecule has 264 valence electrons. The summed E-state index contributed by atoms with van der Waals surface area (Å²) in [7, 11) is 0. The number of carboxylic acid groups (broad SMARTS) is 2. The number of ether oxygens (including phenoxy) is 2. The quantitative estimate of drug-likeness (QED) is 0.0525. The molecule has 0 heterocycles. The molecule has 0 aliphatic carbocycles. The SMILES string of the molecule is CC(=O)OCCCCCCCCCCCCCCC(CC(CCCCCCCCCCCCCCOC(C)=O)C(=O)O)C(=O)O. The first-order valence-electron chi connectivity index (χ1n) is 18.5. The van der Waals surface area contributed by atoms with Crippen LogP contribution in [0.25, 0.3) is 0 Å². The van der Waals surface area contributed by atoms with Crippen molar-refractivity contribution in [3.05, 3.63) is 0 Å². The summed E-state index contributed by atoms with van der Waals surface area (Å²) in [6.07, 6.45) is 28.6. The average Bonchev–Trinajstić information content (AvgIpc) is 2.98. The van der Waals surface area contributed by atoms with Gasteiger partial charge in [-0.05, 0) is 32.1 Å². The molecule has 0 saturated carbocycles. The van der Waals surface area contributed by atoms with E-state index in [1.54, 1.807) is 0 Å². The normalized spacial score (nSPS) is 12.5. The van der Waals surface area contributed by atoms with Gasteiger partial charge in [0.05, 0.1) is 25.0 Å². The van der Waals surface area contributed by atoms with Crippen molar-refractivity contribution in [3.63, 3.8) is 0 Å². The van der Waals surface area contributed by atoms with Crippen molar-refractivity contribution in [2.45, 2.75) is 187 Å². The van der Waals surface area contributed by atoms with E-state index in [9.17, 15) is 29.4 Å². The molecular weight excluding hydrogens is 572 g/mol. The van der Waals surface area contributed by atoms with Crippen LogP contribution in [0.3, 0.4) is 0 Å². The first-order chi connectivity index (χ1) is 21.7. The molecule has 0 saturated heterocycles. The molecule has 0 rings (SSSR count). The van der Waals surface area contributed by atoms with Gasteiger partial charge in [-0.15, -0.1) is 0 Å². The van der Waals surface area contributed by atoms with E-state index in [0.29, 0.717) is 26.1 Å². The van der Waals surface area contributed by atoms with Gasteiger partial charge in [0.1, 0.15) is 0 Å². The van der Waals surface area contributed by atoms with Gasteiger partial charge in [-0.25, -0.2) is 0 Å². The van der Waals surface area contributed by atoms with Gasteiger partial charge in [-0.2, -0.15) is 0 Å². The van der Waals surface area contributed by atoms with Gasteiger partial charge in [-0.1, -0.05) is 141 Å². The zero-order chi connectivity index (χ0) is 33.4. The largest absolute Gasteiger partial charge is 0.481 e.